The van der Waals surface area contributed by atoms with E-state index in [4.69, 9.17) is 5.11 Å². The molecule has 1 rings (SSSR count). The van der Waals surface area contributed by atoms with Gasteiger partial charge in [0.05, 0.1) is 12.6 Å². The summed E-state index contributed by atoms with van der Waals surface area (Å²) in [4.78, 5) is 0. The van der Waals surface area contributed by atoms with Crippen LogP contribution in [0.5, 0.6) is 0 Å². The van der Waals surface area contributed by atoms with Gasteiger partial charge in [0, 0.05) is 6.42 Å². The van der Waals surface area contributed by atoms with Gasteiger partial charge in [-0.2, -0.15) is 0 Å². The average Bonchev–Trinajstić information content (AvgIpc) is 2.36. The quantitative estimate of drug-likeness (QED) is 0.657. The number of nitrogens with zero attached hydrogens (tertiary/aromatic N) is 4. The van der Waals surface area contributed by atoms with Crippen LogP contribution in [0.15, 0.2) is 0 Å². The van der Waals surface area contributed by atoms with Crippen molar-refractivity contribution >= 4 is 0 Å². The molecule has 1 heterocycles. The van der Waals surface area contributed by atoms with E-state index in [1.807, 2.05) is 13.8 Å². The standard InChI is InChI=1S/C6H12N4O/c1-5(2)10-6(3-4-11)7-8-9-10/h5,11H,3-4H2,1-2H3. The van der Waals surface area contributed by atoms with Gasteiger partial charge in [0.25, 0.3) is 0 Å². The lowest BCUT2D eigenvalue weighted by atomic mass is 10.3. The van der Waals surface area contributed by atoms with Crippen molar-refractivity contribution in [1.82, 2.24) is 20.2 Å². The molecule has 0 radical (unpaired) electrons. The molecule has 0 amide bonds. The highest BCUT2D eigenvalue weighted by Gasteiger charge is 2.06. The highest BCUT2D eigenvalue weighted by atomic mass is 16.3. The minimum atomic E-state index is 0.0904. The Morgan fingerprint density at radius 1 is 1.55 bits per heavy atom. The lowest BCUT2D eigenvalue weighted by Gasteiger charge is -2.05. The van der Waals surface area contributed by atoms with E-state index in [0.717, 1.165) is 5.82 Å². The van der Waals surface area contributed by atoms with E-state index in [-0.39, 0.29) is 12.6 Å². The van der Waals surface area contributed by atoms with Crippen LogP contribution >= 0.6 is 0 Å². The fourth-order valence-electron chi connectivity index (χ4n) is 0.878. The van der Waals surface area contributed by atoms with E-state index >= 15 is 0 Å². The monoisotopic (exact) mass is 156 g/mol. The molecule has 0 saturated heterocycles. The van der Waals surface area contributed by atoms with Gasteiger partial charge in [0.1, 0.15) is 0 Å². The van der Waals surface area contributed by atoms with Crippen LogP contribution in [0, 0.1) is 0 Å². The van der Waals surface area contributed by atoms with E-state index in [9.17, 15) is 0 Å². The lowest BCUT2D eigenvalue weighted by Crippen LogP contribution is -2.09. The van der Waals surface area contributed by atoms with Crippen LogP contribution in [-0.2, 0) is 6.42 Å². The highest BCUT2D eigenvalue weighted by Crippen LogP contribution is 2.03. The Hall–Kier alpha value is -0.970. The number of aliphatic hydroxyl groups is 1. The van der Waals surface area contributed by atoms with Gasteiger partial charge in [-0.15, -0.1) is 5.10 Å². The zero-order valence-electron chi connectivity index (χ0n) is 6.73. The molecule has 0 spiro atoms. The first kappa shape index (κ1) is 8.13. The first-order valence-electron chi connectivity index (χ1n) is 3.63. The first-order chi connectivity index (χ1) is 5.25. The smallest absolute Gasteiger partial charge is 0.153 e. The third kappa shape index (κ3) is 1.74. The van der Waals surface area contributed by atoms with Crippen molar-refractivity contribution in [3.8, 4) is 0 Å². The van der Waals surface area contributed by atoms with Crippen LogP contribution in [0.2, 0.25) is 0 Å². The second-order valence-electron chi connectivity index (χ2n) is 2.61. The maximum absolute atomic E-state index is 8.64. The molecule has 1 aromatic rings. The maximum atomic E-state index is 8.64. The van der Waals surface area contributed by atoms with Gasteiger partial charge >= 0.3 is 0 Å². The van der Waals surface area contributed by atoms with E-state index in [0.29, 0.717) is 6.42 Å². The Bertz CT molecular complexity index is 220. The molecular weight excluding hydrogens is 144 g/mol. The number of aliphatic hydroxyl groups excluding tert-OH is 1. The Morgan fingerprint density at radius 3 is 2.82 bits per heavy atom. The highest BCUT2D eigenvalue weighted by molar-refractivity contribution is 4.82. The van der Waals surface area contributed by atoms with E-state index in [1.165, 1.54) is 0 Å². The van der Waals surface area contributed by atoms with Crippen molar-refractivity contribution in [2.75, 3.05) is 6.61 Å². The summed E-state index contributed by atoms with van der Waals surface area (Å²) in [7, 11) is 0. The van der Waals surface area contributed by atoms with Crippen LogP contribution in [0.25, 0.3) is 0 Å². The molecule has 11 heavy (non-hydrogen) atoms. The Kier molecular flexibility index (Phi) is 2.53. The molecule has 0 aliphatic heterocycles. The predicted octanol–water partition coefficient (Wildman–Crippen LogP) is -0.211. The first-order valence-corrected chi connectivity index (χ1v) is 3.63. The lowest BCUT2D eigenvalue weighted by molar-refractivity contribution is 0.292. The molecule has 62 valence electrons. The molecule has 0 aromatic carbocycles. The number of tetrazole rings is 1. The third-order valence-corrected chi connectivity index (χ3v) is 1.39. The van der Waals surface area contributed by atoms with Crippen molar-refractivity contribution < 1.29 is 5.11 Å². The van der Waals surface area contributed by atoms with Gasteiger partial charge in [0.2, 0.25) is 0 Å². The molecule has 0 saturated carbocycles. The van der Waals surface area contributed by atoms with Gasteiger partial charge in [-0.1, -0.05) is 0 Å². The summed E-state index contributed by atoms with van der Waals surface area (Å²) in [6.07, 6.45) is 0.519. The molecule has 0 aliphatic carbocycles. The van der Waals surface area contributed by atoms with Crippen LogP contribution in [0.3, 0.4) is 0 Å². The summed E-state index contributed by atoms with van der Waals surface area (Å²) in [6, 6.07) is 0.256. The SMILES string of the molecule is CC(C)n1nnnc1CCO. The molecule has 0 atom stereocenters. The topological polar surface area (TPSA) is 63.8 Å². The fraction of sp³-hybridized carbons (Fsp3) is 0.833. The summed E-state index contributed by atoms with van der Waals surface area (Å²) in [5.74, 6) is 0.738. The van der Waals surface area contributed by atoms with Crippen LogP contribution in [0.4, 0.5) is 0 Å². The number of hydrogen-bond acceptors (Lipinski definition) is 4. The maximum Gasteiger partial charge on any atom is 0.153 e. The summed E-state index contributed by atoms with van der Waals surface area (Å²) in [5.41, 5.74) is 0. The van der Waals surface area contributed by atoms with E-state index in [1.54, 1.807) is 4.68 Å². The minimum absolute atomic E-state index is 0.0904. The van der Waals surface area contributed by atoms with Crippen LogP contribution < -0.4 is 0 Å². The van der Waals surface area contributed by atoms with Crippen LogP contribution in [-0.4, -0.2) is 31.9 Å². The third-order valence-electron chi connectivity index (χ3n) is 1.39. The average molecular weight is 156 g/mol. The summed E-state index contributed by atoms with van der Waals surface area (Å²) in [5, 5.41) is 19.7. The van der Waals surface area contributed by atoms with E-state index in [2.05, 4.69) is 15.5 Å². The molecule has 1 N–H and O–H groups in total. The zero-order chi connectivity index (χ0) is 8.27. The van der Waals surface area contributed by atoms with Crippen molar-refractivity contribution in [2.45, 2.75) is 26.3 Å². The van der Waals surface area contributed by atoms with E-state index < -0.39 is 0 Å². The molecule has 0 bridgehead atoms. The number of rotatable bonds is 3. The molecule has 0 aliphatic rings. The van der Waals surface area contributed by atoms with Crippen molar-refractivity contribution in [3.05, 3.63) is 5.82 Å². The largest absolute Gasteiger partial charge is 0.396 e. The van der Waals surface area contributed by atoms with Crippen molar-refractivity contribution in [1.29, 1.82) is 0 Å². The molecule has 0 fully saturated rings. The van der Waals surface area contributed by atoms with Crippen molar-refractivity contribution in [3.63, 3.8) is 0 Å². The van der Waals surface area contributed by atoms with Crippen LogP contribution in [0.1, 0.15) is 25.7 Å². The van der Waals surface area contributed by atoms with Gasteiger partial charge in [0.15, 0.2) is 5.82 Å². The Balaban J connectivity index is 2.78. The fourth-order valence-corrected chi connectivity index (χ4v) is 0.878. The normalized spacial score (nSPS) is 10.9. The Morgan fingerprint density at radius 2 is 2.27 bits per heavy atom. The second-order valence-corrected chi connectivity index (χ2v) is 2.61. The number of hydrogen-bond donors (Lipinski definition) is 1. The molecule has 5 nitrogen and oxygen atoms in total. The summed E-state index contributed by atoms with van der Waals surface area (Å²) < 4.78 is 1.70. The molecule has 5 heteroatoms. The molecule has 1 aromatic heterocycles. The zero-order valence-corrected chi connectivity index (χ0v) is 6.73. The summed E-state index contributed by atoms with van der Waals surface area (Å²) >= 11 is 0. The van der Waals surface area contributed by atoms with Gasteiger partial charge < -0.3 is 5.11 Å². The van der Waals surface area contributed by atoms with Gasteiger partial charge in [-0.05, 0) is 24.3 Å². The predicted molar refractivity (Wildman–Crippen MR) is 39.0 cm³/mol. The molecular formula is C6H12N4O. The van der Waals surface area contributed by atoms with Gasteiger partial charge in [-0.25, -0.2) is 4.68 Å². The summed E-state index contributed by atoms with van der Waals surface area (Å²) in [6.45, 7) is 4.08. The minimum Gasteiger partial charge on any atom is -0.396 e. The molecule has 0 unspecified atom stereocenters. The Labute approximate surface area is 65.0 Å². The van der Waals surface area contributed by atoms with Gasteiger partial charge in [-0.3, -0.25) is 0 Å². The second kappa shape index (κ2) is 3.43. The van der Waals surface area contributed by atoms with Crippen molar-refractivity contribution in [2.24, 2.45) is 0 Å². The number of aromatic nitrogens is 4.